The summed E-state index contributed by atoms with van der Waals surface area (Å²) in [6.45, 7) is 4.90. The fraction of sp³-hybridized carbons (Fsp3) is 0.893. The van der Waals surface area contributed by atoms with E-state index in [2.05, 4.69) is 37.4 Å². The van der Waals surface area contributed by atoms with Gasteiger partial charge in [-0.15, -0.1) is 0 Å². The van der Waals surface area contributed by atoms with Crippen molar-refractivity contribution in [3.8, 4) is 0 Å². The second-order valence-corrected chi connectivity index (χ2v) is 18.9. The molecule has 2 atom stereocenters. The first-order valence-electron chi connectivity index (χ1n) is 27.6. The number of carbonyl (C=O) groups excluding carboxylic acids is 2. The van der Waals surface area contributed by atoms with Crippen LogP contribution in [0.15, 0.2) is 24.3 Å². The van der Waals surface area contributed by atoms with Gasteiger partial charge in [-0.2, -0.15) is 0 Å². The molecule has 0 fully saturated rings. The molecule has 0 aliphatic heterocycles. The summed E-state index contributed by atoms with van der Waals surface area (Å²) in [5.74, 6) is -0.128. The molecule has 62 heavy (non-hydrogen) atoms. The molecular formula is C56H107NO5. The van der Waals surface area contributed by atoms with Gasteiger partial charge in [0.05, 0.1) is 25.4 Å². The Balaban J connectivity index is 3.54. The Labute approximate surface area is 386 Å². The minimum Gasteiger partial charge on any atom is -0.466 e. The molecule has 0 aromatic heterocycles. The van der Waals surface area contributed by atoms with Crippen molar-refractivity contribution in [2.45, 2.75) is 309 Å². The fourth-order valence-electron chi connectivity index (χ4n) is 8.51. The van der Waals surface area contributed by atoms with Crippen LogP contribution < -0.4 is 5.32 Å². The topological polar surface area (TPSA) is 95.9 Å². The molecule has 3 N–H and O–H groups in total. The van der Waals surface area contributed by atoms with E-state index < -0.39 is 12.1 Å². The number of rotatable bonds is 51. The highest BCUT2D eigenvalue weighted by molar-refractivity contribution is 5.76. The molecule has 0 saturated carbocycles. The maximum atomic E-state index is 12.4. The lowest BCUT2D eigenvalue weighted by molar-refractivity contribution is -0.143. The average Bonchev–Trinajstić information content (AvgIpc) is 3.27. The number of aliphatic hydroxyl groups is 2. The number of allylic oxidation sites excluding steroid dienone is 4. The van der Waals surface area contributed by atoms with E-state index >= 15 is 0 Å². The van der Waals surface area contributed by atoms with Crippen molar-refractivity contribution in [1.29, 1.82) is 0 Å². The summed E-state index contributed by atoms with van der Waals surface area (Å²) >= 11 is 0. The Hall–Kier alpha value is -1.66. The summed E-state index contributed by atoms with van der Waals surface area (Å²) in [5.41, 5.74) is 0. The van der Waals surface area contributed by atoms with Crippen molar-refractivity contribution in [3.05, 3.63) is 24.3 Å². The van der Waals surface area contributed by atoms with Crippen LogP contribution in [0.3, 0.4) is 0 Å². The average molecular weight is 874 g/mol. The molecular weight excluding hydrogens is 767 g/mol. The van der Waals surface area contributed by atoms with Gasteiger partial charge >= 0.3 is 5.97 Å². The van der Waals surface area contributed by atoms with Crippen LogP contribution in [-0.2, 0) is 14.3 Å². The van der Waals surface area contributed by atoms with Gasteiger partial charge in [0.2, 0.25) is 5.91 Å². The van der Waals surface area contributed by atoms with Gasteiger partial charge in [-0.25, -0.2) is 0 Å². The van der Waals surface area contributed by atoms with Crippen LogP contribution in [0, 0.1) is 0 Å². The predicted octanol–water partition coefficient (Wildman–Crippen LogP) is 16.7. The molecule has 0 aromatic carbocycles. The maximum Gasteiger partial charge on any atom is 0.305 e. The second-order valence-electron chi connectivity index (χ2n) is 18.9. The molecule has 0 bridgehead atoms. The van der Waals surface area contributed by atoms with Crippen molar-refractivity contribution >= 4 is 11.9 Å². The molecule has 6 nitrogen and oxygen atoms in total. The number of unbranched alkanes of at least 4 members (excludes halogenated alkanes) is 36. The van der Waals surface area contributed by atoms with Crippen molar-refractivity contribution in [1.82, 2.24) is 5.32 Å². The number of nitrogens with one attached hydrogen (secondary N) is 1. The van der Waals surface area contributed by atoms with Crippen molar-refractivity contribution in [2.75, 3.05) is 13.2 Å². The standard InChI is InChI=1S/C56H107NO5/c1-3-5-7-9-11-13-15-17-18-19-20-21-22-25-28-32-36-40-44-48-54(59)53(52-58)57-55(60)49-45-41-37-33-29-26-23-27-31-35-39-43-47-51-62-56(61)50-46-42-38-34-30-24-16-14-12-10-8-6-4-2/h26,29,37,41,53-54,58-59H,3-25,27-28,30-36,38-40,42-52H2,1-2H3,(H,57,60)/b29-26-,41-37-. The number of ether oxygens (including phenoxy) is 1. The van der Waals surface area contributed by atoms with Gasteiger partial charge < -0.3 is 20.3 Å². The first-order valence-corrected chi connectivity index (χ1v) is 27.6. The summed E-state index contributed by atoms with van der Waals surface area (Å²) in [5, 5.41) is 23.2. The van der Waals surface area contributed by atoms with Crippen LogP contribution in [0.5, 0.6) is 0 Å². The van der Waals surface area contributed by atoms with Gasteiger partial charge in [-0.05, 0) is 44.9 Å². The molecule has 0 rings (SSSR count). The Bertz CT molecular complexity index is 966. The molecule has 0 aliphatic carbocycles. The summed E-state index contributed by atoms with van der Waals surface area (Å²) in [7, 11) is 0. The lowest BCUT2D eigenvalue weighted by atomic mass is 10.0. The third-order valence-corrected chi connectivity index (χ3v) is 12.8. The van der Waals surface area contributed by atoms with E-state index in [-0.39, 0.29) is 18.5 Å². The van der Waals surface area contributed by atoms with Gasteiger partial charge in [0.25, 0.3) is 0 Å². The van der Waals surface area contributed by atoms with Gasteiger partial charge in [0.15, 0.2) is 0 Å². The number of esters is 1. The van der Waals surface area contributed by atoms with E-state index in [0.29, 0.717) is 32.3 Å². The van der Waals surface area contributed by atoms with Crippen LogP contribution >= 0.6 is 0 Å². The highest BCUT2D eigenvalue weighted by Gasteiger charge is 2.19. The van der Waals surface area contributed by atoms with Crippen molar-refractivity contribution in [3.63, 3.8) is 0 Å². The normalized spacial score (nSPS) is 12.8. The lowest BCUT2D eigenvalue weighted by Crippen LogP contribution is -2.45. The number of carbonyl (C=O) groups is 2. The number of aliphatic hydroxyl groups excluding tert-OH is 2. The molecule has 366 valence electrons. The van der Waals surface area contributed by atoms with Crippen LogP contribution in [0.25, 0.3) is 0 Å². The molecule has 2 unspecified atom stereocenters. The minimum absolute atomic E-state index is 0.0151. The van der Waals surface area contributed by atoms with Gasteiger partial charge in [0.1, 0.15) is 0 Å². The monoisotopic (exact) mass is 874 g/mol. The SMILES string of the molecule is CCCCCCCCCCCCCCCCCCCCCC(O)C(CO)NC(=O)CC/C=C\C/C=C\CCCCCCCCOC(=O)CCCCCCCCCCCCCCC. The first-order chi connectivity index (χ1) is 30.5. The summed E-state index contributed by atoms with van der Waals surface area (Å²) in [4.78, 5) is 24.5. The van der Waals surface area contributed by atoms with Crippen LogP contribution in [0.2, 0.25) is 0 Å². The second kappa shape index (κ2) is 52.0. The quantitative estimate of drug-likeness (QED) is 0.0321. The molecule has 0 radical (unpaired) electrons. The lowest BCUT2D eigenvalue weighted by Gasteiger charge is -2.22. The van der Waals surface area contributed by atoms with E-state index in [4.69, 9.17) is 4.74 Å². The van der Waals surface area contributed by atoms with Crippen LogP contribution in [0.1, 0.15) is 296 Å². The molecule has 6 heteroatoms. The predicted molar refractivity (Wildman–Crippen MR) is 269 cm³/mol. The maximum absolute atomic E-state index is 12.4. The van der Waals surface area contributed by atoms with E-state index in [1.54, 1.807) is 0 Å². The zero-order valence-electron chi connectivity index (χ0n) is 41.6. The smallest absolute Gasteiger partial charge is 0.305 e. The summed E-state index contributed by atoms with van der Waals surface area (Å²) in [6.07, 6.45) is 61.7. The molecule has 1 amide bonds. The molecule has 0 aliphatic rings. The number of hydrogen-bond acceptors (Lipinski definition) is 5. The fourth-order valence-corrected chi connectivity index (χ4v) is 8.51. The third kappa shape index (κ3) is 47.8. The Morgan fingerprint density at radius 1 is 0.452 bits per heavy atom. The Morgan fingerprint density at radius 3 is 1.26 bits per heavy atom. The molecule has 0 heterocycles. The minimum atomic E-state index is -0.699. The number of amides is 1. The van der Waals surface area contributed by atoms with E-state index in [9.17, 15) is 19.8 Å². The van der Waals surface area contributed by atoms with Crippen LogP contribution in [-0.4, -0.2) is 47.4 Å². The van der Waals surface area contributed by atoms with Crippen molar-refractivity contribution < 1.29 is 24.5 Å². The van der Waals surface area contributed by atoms with Crippen LogP contribution in [0.4, 0.5) is 0 Å². The van der Waals surface area contributed by atoms with Gasteiger partial charge in [0, 0.05) is 12.8 Å². The number of hydrogen-bond donors (Lipinski definition) is 3. The zero-order chi connectivity index (χ0) is 45.1. The summed E-state index contributed by atoms with van der Waals surface area (Å²) in [6, 6.07) is -0.585. The third-order valence-electron chi connectivity index (χ3n) is 12.8. The van der Waals surface area contributed by atoms with E-state index in [1.807, 2.05) is 6.08 Å². The van der Waals surface area contributed by atoms with Crippen molar-refractivity contribution in [2.24, 2.45) is 0 Å². The highest BCUT2D eigenvalue weighted by atomic mass is 16.5. The Morgan fingerprint density at radius 2 is 0.823 bits per heavy atom. The van der Waals surface area contributed by atoms with Gasteiger partial charge in [-0.3, -0.25) is 9.59 Å². The van der Waals surface area contributed by atoms with E-state index in [0.717, 1.165) is 51.4 Å². The molecule has 0 saturated heterocycles. The zero-order valence-corrected chi connectivity index (χ0v) is 41.6. The Kier molecular flexibility index (Phi) is 50.6. The largest absolute Gasteiger partial charge is 0.466 e. The molecule has 0 aromatic rings. The van der Waals surface area contributed by atoms with E-state index in [1.165, 1.54) is 205 Å². The molecule has 0 spiro atoms. The first kappa shape index (κ1) is 60.3. The summed E-state index contributed by atoms with van der Waals surface area (Å²) < 4.78 is 5.45. The van der Waals surface area contributed by atoms with Gasteiger partial charge in [-0.1, -0.05) is 263 Å². The highest BCUT2D eigenvalue weighted by Crippen LogP contribution is 2.17.